The number of rotatable bonds is 8. The molecule has 1 aliphatic rings. The average Bonchev–Trinajstić information content (AvgIpc) is 3.44. The van der Waals surface area contributed by atoms with Crippen LogP contribution in [0.4, 0.5) is 0 Å². The number of nitrogens with one attached hydrogen (secondary N) is 1. The van der Waals surface area contributed by atoms with Crippen molar-refractivity contribution >= 4 is 10.0 Å². The highest BCUT2D eigenvalue weighted by molar-refractivity contribution is 7.89. The standard InChI is InChI=1S/C17H19NO5S/c1-18-24(19,20)17-9-14(21-11-15-12-22-15)7-8-16(17)23-10-13-5-3-2-4-6-13/h2-9,15,18H,10-12H2,1H3/t15-/m1/s1. The molecule has 0 aromatic heterocycles. The number of epoxide rings is 1. The van der Waals surface area contributed by atoms with Crippen LogP contribution in [0.5, 0.6) is 11.5 Å². The van der Waals surface area contributed by atoms with E-state index in [0.717, 1.165) is 5.56 Å². The summed E-state index contributed by atoms with van der Waals surface area (Å²) < 4.78 is 43.2. The lowest BCUT2D eigenvalue weighted by molar-refractivity contribution is 0.260. The second-order valence-electron chi connectivity index (χ2n) is 5.36. The van der Waals surface area contributed by atoms with Crippen LogP contribution in [0.1, 0.15) is 5.56 Å². The molecule has 1 heterocycles. The van der Waals surface area contributed by atoms with Gasteiger partial charge in [0.05, 0.1) is 6.61 Å². The van der Waals surface area contributed by atoms with Crippen LogP contribution in [0.25, 0.3) is 0 Å². The van der Waals surface area contributed by atoms with Crippen LogP contribution in [0.2, 0.25) is 0 Å². The van der Waals surface area contributed by atoms with E-state index in [1.165, 1.54) is 13.1 Å². The summed E-state index contributed by atoms with van der Waals surface area (Å²) in [4.78, 5) is 0.0511. The lowest BCUT2D eigenvalue weighted by Gasteiger charge is -2.13. The normalized spacial score (nSPS) is 16.6. The van der Waals surface area contributed by atoms with Crippen LogP contribution in [0, 0.1) is 0 Å². The number of hydrogen-bond acceptors (Lipinski definition) is 5. The molecule has 128 valence electrons. The smallest absolute Gasteiger partial charge is 0.244 e. The highest BCUT2D eigenvalue weighted by Crippen LogP contribution is 2.29. The fraction of sp³-hybridized carbons (Fsp3) is 0.294. The maximum absolute atomic E-state index is 12.3. The fourth-order valence-electron chi connectivity index (χ4n) is 2.11. The molecule has 0 aliphatic carbocycles. The Morgan fingerprint density at radius 2 is 1.92 bits per heavy atom. The van der Waals surface area contributed by atoms with Crippen molar-refractivity contribution in [3.8, 4) is 11.5 Å². The summed E-state index contributed by atoms with van der Waals surface area (Å²) in [6.07, 6.45) is 0.100. The quantitative estimate of drug-likeness (QED) is 0.737. The number of benzene rings is 2. The third-order valence-electron chi connectivity index (χ3n) is 3.55. The van der Waals surface area contributed by atoms with E-state index in [-0.39, 0.29) is 23.4 Å². The summed E-state index contributed by atoms with van der Waals surface area (Å²) in [5.41, 5.74) is 0.955. The Morgan fingerprint density at radius 1 is 1.17 bits per heavy atom. The van der Waals surface area contributed by atoms with Crippen LogP contribution in [-0.2, 0) is 21.4 Å². The van der Waals surface area contributed by atoms with Gasteiger partial charge in [-0.3, -0.25) is 0 Å². The van der Waals surface area contributed by atoms with Crippen molar-refractivity contribution in [3.05, 3.63) is 54.1 Å². The van der Waals surface area contributed by atoms with Gasteiger partial charge >= 0.3 is 0 Å². The molecule has 1 N–H and O–H groups in total. The van der Waals surface area contributed by atoms with Gasteiger partial charge in [0.2, 0.25) is 10.0 Å². The van der Waals surface area contributed by atoms with Crippen molar-refractivity contribution in [3.63, 3.8) is 0 Å². The molecule has 1 aliphatic heterocycles. The van der Waals surface area contributed by atoms with Crippen molar-refractivity contribution in [1.82, 2.24) is 4.72 Å². The lowest BCUT2D eigenvalue weighted by Crippen LogP contribution is -2.19. The predicted molar refractivity (Wildman–Crippen MR) is 88.7 cm³/mol. The number of hydrogen-bond donors (Lipinski definition) is 1. The maximum atomic E-state index is 12.3. The van der Waals surface area contributed by atoms with E-state index < -0.39 is 10.0 Å². The first-order valence-corrected chi connectivity index (χ1v) is 9.05. The zero-order valence-corrected chi connectivity index (χ0v) is 14.1. The van der Waals surface area contributed by atoms with E-state index in [0.29, 0.717) is 19.0 Å². The number of ether oxygens (including phenoxy) is 3. The van der Waals surface area contributed by atoms with Gasteiger partial charge in [-0.1, -0.05) is 30.3 Å². The molecule has 1 saturated heterocycles. The summed E-state index contributed by atoms with van der Waals surface area (Å²) in [5, 5.41) is 0. The fourth-order valence-corrected chi connectivity index (χ4v) is 2.99. The van der Waals surface area contributed by atoms with Crippen molar-refractivity contribution in [2.24, 2.45) is 0 Å². The summed E-state index contributed by atoms with van der Waals surface area (Å²) >= 11 is 0. The molecule has 0 saturated carbocycles. The Kier molecular flexibility index (Phi) is 5.03. The summed E-state index contributed by atoms with van der Waals surface area (Å²) in [7, 11) is -2.30. The largest absolute Gasteiger partial charge is 0.491 e. The minimum atomic E-state index is -3.66. The first-order chi connectivity index (χ1) is 11.6. The van der Waals surface area contributed by atoms with Gasteiger partial charge in [-0.2, -0.15) is 0 Å². The van der Waals surface area contributed by atoms with Crippen LogP contribution >= 0.6 is 0 Å². The van der Waals surface area contributed by atoms with Gasteiger partial charge < -0.3 is 14.2 Å². The number of sulfonamides is 1. The van der Waals surface area contributed by atoms with Crippen molar-refractivity contribution in [2.45, 2.75) is 17.6 Å². The zero-order chi connectivity index (χ0) is 17.0. The summed E-state index contributed by atoms with van der Waals surface area (Å²) in [5.74, 6) is 0.745. The molecule has 0 spiro atoms. The Balaban J connectivity index is 1.80. The second-order valence-corrected chi connectivity index (χ2v) is 7.21. The molecule has 1 atom stereocenters. The second kappa shape index (κ2) is 7.21. The van der Waals surface area contributed by atoms with E-state index >= 15 is 0 Å². The molecule has 7 heteroatoms. The average molecular weight is 349 g/mol. The molecular weight excluding hydrogens is 330 g/mol. The molecule has 0 unspecified atom stereocenters. The van der Waals surface area contributed by atoms with Gasteiger partial charge in [0.1, 0.15) is 35.7 Å². The summed E-state index contributed by atoms with van der Waals surface area (Å²) in [6.45, 7) is 1.37. The molecule has 3 rings (SSSR count). The molecular formula is C17H19NO5S. The van der Waals surface area contributed by atoms with Gasteiger partial charge in [-0.25, -0.2) is 13.1 Å². The van der Waals surface area contributed by atoms with Gasteiger partial charge in [-0.05, 0) is 24.7 Å². The molecule has 0 radical (unpaired) electrons. The van der Waals surface area contributed by atoms with E-state index in [2.05, 4.69) is 4.72 Å². The van der Waals surface area contributed by atoms with Crippen molar-refractivity contribution < 1.29 is 22.6 Å². The maximum Gasteiger partial charge on any atom is 0.244 e. The Hall–Kier alpha value is -2.09. The Labute approximate surface area is 141 Å². The Bertz CT molecular complexity index is 788. The van der Waals surface area contributed by atoms with Crippen molar-refractivity contribution in [1.29, 1.82) is 0 Å². The monoisotopic (exact) mass is 349 g/mol. The van der Waals surface area contributed by atoms with Crippen LogP contribution < -0.4 is 14.2 Å². The van der Waals surface area contributed by atoms with E-state index in [9.17, 15) is 8.42 Å². The zero-order valence-electron chi connectivity index (χ0n) is 13.3. The molecule has 0 bridgehead atoms. The van der Waals surface area contributed by atoms with Crippen LogP contribution in [0.3, 0.4) is 0 Å². The highest BCUT2D eigenvalue weighted by Gasteiger charge is 2.24. The van der Waals surface area contributed by atoms with E-state index in [4.69, 9.17) is 14.2 Å². The van der Waals surface area contributed by atoms with E-state index in [1.54, 1.807) is 12.1 Å². The molecule has 24 heavy (non-hydrogen) atoms. The topological polar surface area (TPSA) is 77.2 Å². The van der Waals surface area contributed by atoms with Gasteiger partial charge in [-0.15, -0.1) is 0 Å². The first-order valence-electron chi connectivity index (χ1n) is 7.57. The predicted octanol–water partition coefficient (Wildman–Crippen LogP) is 1.95. The van der Waals surface area contributed by atoms with Gasteiger partial charge in [0, 0.05) is 6.07 Å². The Morgan fingerprint density at radius 3 is 2.58 bits per heavy atom. The summed E-state index contributed by atoms with van der Waals surface area (Å²) in [6, 6.07) is 14.3. The minimum absolute atomic E-state index is 0.0511. The van der Waals surface area contributed by atoms with Gasteiger partial charge in [0.15, 0.2) is 0 Å². The van der Waals surface area contributed by atoms with Crippen LogP contribution in [-0.4, -0.2) is 34.8 Å². The SMILES string of the molecule is CNS(=O)(=O)c1cc(OC[C@@H]2CO2)ccc1OCc1ccccc1. The first kappa shape index (κ1) is 16.8. The third kappa shape index (κ3) is 4.25. The molecule has 2 aromatic rings. The van der Waals surface area contributed by atoms with Gasteiger partial charge in [0.25, 0.3) is 0 Å². The molecule has 6 nitrogen and oxygen atoms in total. The minimum Gasteiger partial charge on any atom is -0.491 e. The molecule has 0 amide bonds. The van der Waals surface area contributed by atoms with Crippen LogP contribution in [0.15, 0.2) is 53.4 Å². The molecule has 1 fully saturated rings. The molecule has 2 aromatic carbocycles. The van der Waals surface area contributed by atoms with E-state index in [1.807, 2.05) is 30.3 Å². The lowest BCUT2D eigenvalue weighted by atomic mass is 10.2. The third-order valence-corrected chi connectivity index (χ3v) is 4.98. The highest BCUT2D eigenvalue weighted by atomic mass is 32.2. The van der Waals surface area contributed by atoms with Crippen molar-refractivity contribution in [2.75, 3.05) is 20.3 Å².